The smallest absolute Gasteiger partial charge is 0.273 e. The first kappa shape index (κ1) is 12.6. The van der Waals surface area contributed by atoms with Gasteiger partial charge in [0, 0.05) is 37.1 Å². The van der Waals surface area contributed by atoms with Crippen LogP contribution in [0.25, 0.3) is 0 Å². The highest BCUT2D eigenvalue weighted by Crippen LogP contribution is 2.30. The number of hydrogen-bond donors (Lipinski definition) is 2. The SMILES string of the molecule is CN(CC1CC(O)C1)c1cc(N)cc([N+](=O)[O-])c1. The van der Waals surface area contributed by atoms with Crippen LogP contribution in [0.1, 0.15) is 12.8 Å². The van der Waals surface area contributed by atoms with Crippen molar-refractivity contribution in [2.45, 2.75) is 18.9 Å². The van der Waals surface area contributed by atoms with Gasteiger partial charge in [-0.2, -0.15) is 0 Å². The number of nitro benzene ring substituents is 1. The van der Waals surface area contributed by atoms with Crippen LogP contribution in [0.5, 0.6) is 0 Å². The maximum Gasteiger partial charge on any atom is 0.273 e. The molecular formula is C12H17N3O3. The first-order valence-corrected chi connectivity index (χ1v) is 5.90. The predicted molar refractivity (Wildman–Crippen MR) is 69.5 cm³/mol. The molecule has 0 aromatic heterocycles. The number of nitrogen functional groups attached to an aromatic ring is 1. The minimum Gasteiger partial charge on any atom is -0.398 e. The molecule has 0 radical (unpaired) electrons. The molecule has 1 aromatic carbocycles. The molecule has 1 aliphatic rings. The quantitative estimate of drug-likeness (QED) is 0.479. The zero-order valence-electron chi connectivity index (χ0n) is 10.2. The van der Waals surface area contributed by atoms with Crippen LogP contribution in [0.3, 0.4) is 0 Å². The summed E-state index contributed by atoms with van der Waals surface area (Å²) in [4.78, 5) is 12.3. The van der Waals surface area contributed by atoms with Gasteiger partial charge >= 0.3 is 0 Å². The van der Waals surface area contributed by atoms with E-state index in [1.54, 1.807) is 6.07 Å². The molecule has 1 aromatic rings. The minimum absolute atomic E-state index is 0.00509. The Kier molecular flexibility index (Phi) is 3.38. The number of benzene rings is 1. The monoisotopic (exact) mass is 251 g/mol. The van der Waals surface area contributed by atoms with Crippen molar-refractivity contribution in [3.05, 3.63) is 28.3 Å². The Hall–Kier alpha value is -1.82. The molecule has 0 aliphatic heterocycles. The number of nitrogens with two attached hydrogens (primary N) is 1. The standard InChI is InChI=1S/C12H17N3O3/c1-14(7-8-2-12(16)3-8)10-4-9(13)5-11(6-10)15(17)18/h4-6,8,12,16H,2-3,7,13H2,1H3. The van der Waals surface area contributed by atoms with Crippen molar-refractivity contribution >= 4 is 17.1 Å². The molecule has 6 nitrogen and oxygen atoms in total. The Bertz CT molecular complexity index is 458. The third-order valence-corrected chi connectivity index (χ3v) is 3.32. The van der Waals surface area contributed by atoms with Gasteiger partial charge in [0.2, 0.25) is 0 Å². The summed E-state index contributed by atoms with van der Waals surface area (Å²) < 4.78 is 0. The first-order chi connectivity index (χ1) is 8.45. The van der Waals surface area contributed by atoms with E-state index in [-0.39, 0.29) is 11.8 Å². The van der Waals surface area contributed by atoms with Crippen LogP contribution in [0.15, 0.2) is 18.2 Å². The van der Waals surface area contributed by atoms with Gasteiger partial charge in [0.25, 0.3) is 5.69 Å². The van der Waals surface area contributed by atoms with Crippen molar-refractivity contribution in [3.63, 3.8) is 0 Å². The number of non-ortho nitro benzene ring substituents is 1. The molecule has 1 aliphatic carbocycles. The molecule has 0 heterocycles. The van der Waals surface area contributed by atoms with Gasteiger partial charge in [-0.3, -0.25) is 10.1 Å². The Morgan fingerprint density at radius 3 is 2.72 bits per heavy atom. The van der Waals surface area contributed by atoms with E-state index in [0.717, 1.165) is 25.1 Å². The van der Waals surface area contributed by atoms with Crippen molar-refractivity contribution in [1.29, 1.82) is 0 Å². The van der Waals surface area contributed by atoms with Gasteiger partial charge < -0.3 is 15.7 Å². The van der Waals surface area contributed by atoms with Crippen molar-refractivity contribution in [2.24, 2.45) is 5.92 Å². The number of nitro groups is 1. The van der Waals surface area contributed by atoms with Crippen LogP contribution in [0.4, 0.5) is 17.1 Å². The Labute approximate surface area is 105 Å². The van der Waals surface area contributed by atoms with E-state index < -0.39 is 4.92 Å². The van der Waals surface area contributed by atoms with Crippen molar-refractivity contribution in [3.8, 4) is 0 Å². The molecule has 18 heavy (non-hydrogen) atoms. The second kappa shape index (κ2) is 4.81. The highest BCUT2D eigenvalue weighted by molar-refractivity contribution is 5.62. The number of nitrogens with zero attached hydrogens (tertiary/aromatic N) is 2. The summed E-state index contributed by atoms with van der Waals surface area (Å²) in [6.45, 7) is 0.775. The third-order valence-electron chi connectivity index (χ3n) is 3.32. The lowest BCUT2D eigenvalue weighted by atomic mass is 9.82. The molecule has 0 atom stereocenters. The molecule has 6 heteroatoms. The number of hydrogen-bond acceptors (Lipinski definition) is 5. The van der Waals surface area contributed by atoms with Gasteiger partial charge in [-0.1, -0.05) is 0 Å². The predicted octanol–water partition coefficient (Wildman–Crippen LogP) is 1.38. The van der Waals surface area contributed by atoms with Gasteiger partial charge in [-0.25, -0.2) is 0 Å². The second-order valence-corrected chi connectivity index (χ2v) is 4.91. The van der Waals surface area contributed by atoms with Crippen LogP contribution in [0, 0.1) is 16.0 Å². The topological polar surface area (TPSA) is 92.6 Å². The lowest BCUT2D eigenvalue weighted by Gasteiger charge is -2.35. The molecule has 0 spiro atoms. The van der Waals surface area contributed by atoms with E-state index in [4.69, 9.17) is 5.73 Å². The zero-order valence-corrected chi connectivity index (χ0v) is 10.2. The number of aliphatic hydroxyl groups is 1. The van der Waals surface area contributed by atoms with Crippen molar-refractivity contribution < 1.29 is 10.0 Å². The summed E-state index contributed by atoms with van der Waals surface area (Å²) >= 11 is 0. The minimum atomic E-state index is -0.444. The normalized spacial score (nSPS) is 22.3. The van der Waals surface area contributed by atoms with Gasteiger partial charge in [0.1, 0.15) is 0 Å². The van der Waals surface area contributed by atoms with E-state index in [9.17, 15) is 15.2 Å². The van der Waals surface area contributed by atoms with E-state index in [2.05, 4.69) is 0 Å². The number of aliphatic hydroxyl groups excluding tert-OH is 1. The maximum atomic E-state index is 10.8. The largest absolute Gasteiger partial charge is 0.398 e. The molecule has 3 N–H and O–H groups in total. The van der Waals surface area contributed by atoms with Crippen molar-refractivity contribution in [1.82, 2.24) is 0 Å². The molecule has 0 bridgehead atoms. The van der Waals surface area contributed by atoms with Crippen LogP contribution >= 0.6 is 0 Å². The summed E-state index contributed by atoms with van der Waals surface area (Å²) in [5, 5.41) is 20.0. The fourth-order valence-corrected chi connectivity index (χ4v) is 2.29. The van der Waals surface area contributed by atoms with Gasteiger partial charge in [0.05, 0.1) is 11.0 Å². The summed E-state index contributed by atoms with van der Waals surface area (Å²) in [7, 11) is 1.88. The van der Waals surface area contributed by atoms with Crippen LogP contribution in [-0.2, 0) is 0 Å². The highest BCUT2D eigenvalue weighted by Gasteiger charge is 2.28. The van der Waals surface area contributed by atoms with E-state index in [1.807, 2.05) is 11.9 Å². The fraction of sp³-hybridized carbons (Fsp3) is 0.500. The summed E-state index contributed by atoms with van der Waals surface area (Å²) in [6.07, 6.45) is 1.42. The average Bonchev–Trinajstić information content (AvgIpc) is 2.26. The molecule has 1 fully saturated rings. The maximum absolute atomic E-state index is 10.8. The van der Waals surface area contributed by atoms with E-state index in [0.29, 0.717) is 11.6 Å². The van der Waals surface area contributed by atoms with Gasteiger partial charge in [-0.05, 0) is 24.8 Å². The third kappa shape index (κ3) is 2.70. The molecule has 0 unspecified atom stereocenters. The highest BCUT2D eigenvalue weighted by atomic mass is 16.6. The molecule has 1 saturated carbocycles. The Morgan fingerprint density at radius 1 is 1.50 bits per heavy atom. The lowest BCUT2D eigenvalue weighted by molar-refractivity contribution is -0.384. The zero-order chi connectivity index (χ0) is 13.3. The number of rotatable bonds is 4. The molecule has 0 amide bonds. The first-order valence-electron chi connectivity index (χ1n) is 5.90. The fourth-order valence-electron chi connectivity index (χ4n) is 2.29. The lowest BCUT2D eigenvalue weighted by Crippen LogP contribution is -2.37. The van der Waals surface area contributed by atoms with Gasteiger partial charge in [0.15, 0.2) is 0 Å². The van der Waals surface area contributed by atoms with Crippen LogP contribution in [0.2, 0.25) is 0 Å². The van der Waals surface area contributed by atoms with Crippen molar-refractivity contribution in [2.75, 3.05) is 24.2 Å². The van der Waals surface area contributed by atoms with E-state index in [1.165, 1.54) is 12.1 Å². The summed E-state index contributed by atoms with van der Waals surface area (Å²) in [6, 6.07) is 4.60. The summed E-state index contributed by atoms with van der Waals surface area (Å²) in [5.74, 6) is 0.450. The molecule has 98 valence electrons. The summed E-state index contributed by atoms with van der Waals surface area (Å²) in [5.41, 5.74) is 6.80. The number of anilines is 2. The molecule has 0 saturated heterocycles. The van der Waals surface area contributed by atoms with Gasteiger partial charge in [-0.15, -0.1) is 0 Å². The second-order valence-electron chi connectivity index (χ2n) is 4.91. The molecule has 2 rings (SSSR count). The van der Waals surface area contributed by atoms with Crippen LogP contribution in [-0.4, -0.2) is 29.7 Å². The van der Waals surface area contributed by atoms with E-state index >= 15 is 0 Å². The van der Waals surface area contributed by atoms with Crippen LogP contribution < -0.4 is 10.6 Å². The average molecular weight is 251 g/mol. The Morgan fingerprint density at radius 2 is 2.17 bits per heavy atom. The molecular weight excluding hydrogens is 234 g/mol. The Balaban J connectivity index is 2.09.